The quantitative estimate of drug-likeness (QED) is 0.369. The summed E-state index contributed by atoms with van der Waals surface area (Å²) in [7, 11) is 0. The van der Waals surface area contributed by atoms with Gasteiger partial charge in [0, 0.05) is 12.1 Å². The van der Waals surface area contributed by atoms with Crippen LogP contribution in [0.15, 0.2) is 37.0 Å². The molecule has 0 aliphatic heterocycles. The Morgan fingerprint density at radius 3 is 2.24 bits per heavy atom. The van der Waals surface area contributed by atoms with E-state index in [1.807, 2.05) is 0 Å². The van der Waals surface area contributed by atoms with Crippen LogP contribution in [-0.2, 0) is 9.53 Å². The Bertz CT molecular complexity index is 303. The molecule has 0 aliphatic rings. The first-order valence-corrected chi connectivity index (χ1v) is 5.86. The van der Waals surface area contributed by atoms with Gasteiger partial charge in [-0.05, 0) is 25.6 Å². The molecule has 0 rings (SSSR count). The van der Waals surface area contributed by atoms with Crippen LogP contribution in [0, 0.1) is 0 Å². The van der Waals surface area contributed by atoms with Crippen molar-refractivity contribution in [1.82, 2.24) is 4.90 Å². The van der Waals surface area contributed by atoms with E-state index in [0.717, 1.165) is 13.1 Å². The maximum atomic E-state index is 11.5. The fourth-order valence-electron chi connectivity index (χ4n) is 1.31. The molecule has 96 valence electrons. The van der Waals surface area contributed by atoms with E-state index in [-0.39, 0.29) is 12.1 Å². The van der Waals surface area contributed by atoms with Gasteiger partial charge in [0.15, 0.2) is 0 Å². The van der Waals surface area contributed by atoms with Gasteiger partial charge < -0.3 is 4.74 Å². The Labute approximate surface area is 104 Å². The topological polar surface area (TPSA) is 29.5 Å². The van der Waals surface area contributed by atoms with Gasteiger partial charge >= 0.3 is 5.97 Å². The smallest absolute Gasteiger partial charge is 0.333 e. The van der Waals surface area contributed by atoms with Crippen LogP contribution in [0.4, 0.5) is 0 Å². The van der Waals surface area contributed by atoms with Crippen molar-refractivity contribution in [3.63, 3.8) is 0 Å². The highest BCUT2D eigenvalue weighted by Crippen LogP contribution is 2.10. The minimum Gasteiger partial charge on any atom is -0.453 e. The van der Waals surface area contributed by atoms with Crippen LogP contribution < -0.4 is 0 Å². The van der Waals surface area contributed by atoms with E-state index in [2.05, 4.69) is 38.5 Å². The molecule has 0 amide bonds. The van der Waals surface area contributed by atoms with E-state index in [1.165, 1.54) is 0 Å². The number of rotatable bonds is 8. The van der Waals surface area contributed by atoms with Gasteiger partial charge in [-0.25, -0.2) is 4.79 Å². The molecule has 0 saturated carbocycles. The molecule has 0 fully saturated rings. The highest BCUT2D eigenvalue weighted by Gasteiger charge is 2.18. The largest absolute Gasteiger partial charge is 0.453 e. The summed E-state index contributed by atoms with van der Waals surface area (Å²) >= 11 is 0. The zero-order valence-electron chi connectivity index (χ0n) is 11.2. The first-order chi connectivity index (χ1) is 7.96. The molecule has 1 unspecified atom stereocenters. The van der Waals surface area contributed by atoms with Crippen LogP contribution in [0.25, 0.3) is 0 Å². The summed E-state index contributed by atoms with van der Waals surface area (Å²) in [4.78, 5) is 13.7. The second-order valence-electron chi connectivity index (χ2n) is 3.94. The number of esters is 1. The van der Waals surface area contributed by atoms with Crippen molar-refractivity contribution in [3.05, 3.63) is 37.0 Å². The van der Waals surface area contributed by atoms with Gasteiger partial charge in [-0.3, -0.25) is 4.90 Å². The van der Waals surface area contributed by atoms with E-state index in [1.54, 1.807) is 13.0 Å². The zero-order chi connectivity index (χ0) is 13.4. The number of likely N-dealkylation sites (N-methyl/N-ethyl adjacent to an activating group) is 1. The minimum absolute atomic E-state index is 0.350. The number of carbonyl (C=O) groups is 1. The lowest BCUT2D eigenvalue weighted by Gasteiger charge is -2.25. The molecule has 17 heavy (non-hydrogen) atoms. The first kappa shape index (κ1) is 15.7. The molecule has 0 heterocycles. The third-order valence-corrected chi connectivity index (χ3v) is 2.59. The third-order valence-electron chi connectivity index (χ3n) is 2.59. The average Bonchev–Trinajstić information content (AvgIpc) is 2.32. The van der Waals surface area contributed by atoms with Crippen LogP contribution >= 0.6 is 0 Å². The van der Waals surface area contributed by atoms with Gasteiger partial charge in [-0.2, -0.15) is 0 Å². The number of ether oxygens (including phenoxy) is 1. The molecule has 0 aromatic carbocycles. The van der Waals surface area contributed by atoms with Gasteiger partial charge in [-0.15, -0.1) is 0 Å². The van der Waals surface area contributed by atoms with Crippen molar-refractivity contribution in [2.45, 2.75) is 26.9 Å². The van der Waals surface area contributed by atoms with E-state index in [9.17, 15) is 4.79 Å². The highest BCUT2D eigenvalue weighted by atomic mass is 16.5. The molecule has 0 aromatic heterocycles. The van der Waals surface area contributed by atoms with Crippen LogP contribution in [0.5, 0.6) is 0 Å². The molecule has 0 N–H and O–H groups in total. The Morgan fingerprint density at radius 1 is 1.35 bits per heavy atom. The van der Waals surface area contributed by atoms with Gasteiger partial charge in [0.1, 0.15) is 6.10 Å². The fraction of sp³-hybridized carbons (Fsp3) is 0.500. The molecule has 3 nitrogen and oxygen atoms in total. The van der Waals surface area contributed by atoms with Crippen molar-refractivity contribution >= 4 is 5.97 Å². The molecule has 3 heteroatoms. The Morgan fingerprint density at radius 2 is 1.88 bits per heavy atom. The van der Waals surface area contributed by atoms with Crippen LogP contribution in [0.1, 0.15) is 20.8 Å². The lowest BCUT2D eigenvalue weighted by Crippen LogP contribution is -2.35. The Kier molecular flexibility index (Phi) is 7.22. The summed E-state index contributed by atoms with van der Waals surface area (Å²) < 4.78 is 5.35. The van der Waals surface area contributed by atoms with Crippen molar-refractivity contribution in [2.24, 2.45) is 0 Å². The SMILES string of the molecule is C=CC(=C)C(CN(CC)CC)OC(=O)C(=C)C. The molecule has 0 bridgehead atoms. The second kappa shape index (κ2) is 7.85. The number of carbonyl (C=O) groups excluding carboxylic acids is 1. The summed E-state index contributed by atoms with van der Waals surface area (Å²) in [6.45, 7) is 19.3. The number of hydrogen-bond donors (Lipinski definition) is 0. The van der Waals surface area contributed by atoms with Gasteiger partial charge in [0.05, 0.1) is 0 Å². The molecule has 0 aliphatic carbocycles. The van der Waals surface area contributed by atoms with Gasteiger partial charge in [0.25, 0.3) is 0 Å². The van der Waals surface area contributed by atoms with Crippen LogP contribution in [0.3, 0.4) is 0 Å². The predicted molar refractivity (Wildman–Crippen MR) is 71.8 cm³/mol. The molecule has 1 atom stereocenters. The van der Waals surface area contributed by atoms with E-state index >= 15 is 0 Å². The first-order valence-electron chi connectivity index (χ1n) is 5.86. The second-order valence-corrected chi connectivity index (χ2v) is 3.94. The molecular formula is C14H23NO2. The third kappa shape index (κ3) is 5.50. The monoisotopic (exact) mass is 237 g/mol. The van der Waals surface area contributed by atoms with Crippen LogP contribution in [0.2, 0.25) is 0 Å². The maximum absolute atomic E-state index is 11.5. The fourth-order valence-corrected chi connectivity index (χ4v) is 1.31. The van der Waals surface area contributed by atoms with E-state index < -0.39 is 0 Å². The van der Waals surface area contributed by atoms with Crippen molar-refractivity contribution in [2.75, 3.05) is 19.6 Å². The zero-order valence-corrected chi connectivity index (χ0v) is 11.2. The normalized spacial score (nSPS) is 12.0. The minimum atomic E-state index is -0.384. The molecule has 0 spiro atoms. The summed E-state index contributed by atoms with van der Waals surface area (Å²) in [5.74, 6) is -0.384. The number of nitrogens with zero attached hydrogens (tertiary/aromatic N) is 1. The van der Waals surface area contributed by atoms with Crippen molar-refractivity contribution in [1.29, 1.82) is 0 Å². The molecule has 0 aromatic rings. The van der Waals surface area contributed by atoms with Crippen molar-refractivity contribution in [3.8, 4) is 0 Å². The van der Waals surface area contributed by atoms with E-state index in [0.29, 0.717) is 17.7 Å². The Balaban J connectivity index is 4.64. The average molecular weight is 237 g/mol. The van der Waals surface area contributed by atoms with Crippen LogP contribution in [-0.4, -0.2) is 36.6 Å². The molecule has 0 radical (unpaired) electrons. The summed E-state index contributed by atoms with van der Waals surface area (Å²) in [6.07, 6.45) is 1.27. The molecular weight excluding hydrogens is 214 g/mol. The summed E-state index contributed by atoms with van der Waals surface area (Å²) in [5.41, 5.74) is 1.11. The lowest BCUT2D eigenvalue weighted by atomic mass is 10.1. The summed E-state index contributed by atoms with van der Waals surface area (Å²) in [6, 6.07) is 0. The number of hydrogen-bond acceptors (Lipinski definition) is 3. The maximum Gasteiger partial charge on any atom is 0.333 e. The Hall–Kier alpha value is -1.35. The van der Waals surface area contributed by atoms with Crippen molar-refractivity contribution < 1.29 is 9.53 Å². The summed E-state index contributed by atoms with van der Waals surface area (Å²) in [5, 5.41) is 0. The lowest BCUT2D eigenvalue weighted by molar-refractivity contribution is -0.143. The van der Waals surface area contributed by atoms with Gasteiger partial charge in [0.2, 0.25) is 0 Å². The van der Waals surface area contributed by atoms with Gasteiger partial charge in [-0.1, -0.05) is 39.7 Å². The highest BCUT2D eigenvalue weighted by molar-refractivity contribution is 5.87. The predicted octanol–water partition coefficient (Wildman–Crippen LogP) is 2.56. The standard InChI is InChI=1S/C14H23NO2/c1-7-12(6)13(10-15(8-2)9-3)17-14(16)11(4)5/h7,13H,1,4,6,8-10H2,2-3,5H3. The van der Waals surface area contributed by atoms with E-state index in [4.69, 9.17) is 4.74 Å². The molecule has 0 saturated heterocycles.